The van der Waals surface area contributed by atoms with E-state index in [1.807, 2.05) is 36.4 Å². The molecule has 0 spiro atoms. The Morgan fingerprint density at radius 2 is 1.30 bits per heavy atom. The van der Waals surface area contributed by atoms with E-state index >= 15 is 0 Å². The van der Waals surface area contributed by atoms with Crippen molar-refractivity contribution in [1.29, 1.82) is 0 Å². The fourth-order valence-corrected chi connectivity index (χ4v) is 5.58. The van der Waals surface area contributed by atoms with Gasteiger partial charge in [0, 0.05) is 25.4 Å². The van der Waals surface area contributed by atoms with Crippen molar-refractivity contribution in [3.8, 4) is 11.1 Å². The number of alkyl halides is 3. The van der Waals surface area contributed by atoms with Gasteiger partial charge in [0.1, 0.15) is 13.2 Å². The maximum absolute atomic E-state index is 13.3. The number of fused-ring (bicyclic) bond motifs is 4. The third-order valence-corrected chi connectivity index (χ3v) is 7.81. The van der Waals surface area contributed by atoms with Crippen LogP contribution < -0.4 is 5.32 Å². The van der Waals surface area contributed by atoms with E-state index < -0.39 is 30.0 Å². The van der Waals surface area contributed by atoms with Crippen molar-refractivity contribution in [3.05, 3.63) is 95.1 Å². The number of hydrogen-bond acceptors (Lipinski definition) is 7. The molecule has 46 heavy (non-hydrogen) atoms. The number of imide groups is 1. The minimum atomic E-state index is -4.84. The molecule has 0 atom stereocenters. The molecule has 3 amide bonds. The summed E-state index contributed by atoms with van der Waals surface area (Å²) in [5.41, 5.74) is 5.15. The SMILES string of the molecule is O=C(NCCCCCCO/C(=N/OCCCN1C(=O)c2ccccc2C1=O)C(F)(F)F)OCC1c2ccccc2-c2ccccc21. The molecule has 0 unspecified atom stereocenters. The first-order valence-electron chi connectivity index (χ1n) is 15.2. The average Bonchev–Trinajstić information content (AvgIpc) is 3.50. The number of halogens is 3. The Morgan fingerprint density at radius 3 is 1.91 bits per heavy atom. The summed E-state index contributed by atoms with van der Waals surface area (Å²) in [7, 11) is 0. The Kier molecular flexibility index (Phi) is 10.6. The van der Waals surface area contributed by atoms with E-state index in [1.165, 1.54) is 0 Å². The molecule has 1 heterocycles. The van der Waals surface area contributed by atoms with Crippen LogP contribution in [0.15, 0.2) is 78.0 Å². The van der Waals surface area contributed by atoms with Crippen LogP contribution >= 0.6 is 0 Å². The van der Waals surface area contributed by atoms with Gasteiger partial charge in [-0.1, -0.05) is 73.5 Å². The molecule has 0 saturated heterocycles. The number of carbonyl (C=O) groups excluding carboxylic acids is 3. The summed E-state index contributed by atoms with van der Waals surface area (Å²) in [6.45, 7) is 0.127. The van der Waals surface area contributed by atoms with E-state index in [1.54, 1.807) is 24.3 Å². The molecular formula is C34H34F3N3O6. The number of nitrogens with zero attached hydrogens (tertiary/aromatic N) is 2. The molecule has 1 aliphatic carbocycles. The van der Waals surface area contributed by atoms with Crippen molar-refractivity contribution in [2.45, 2.75) is 44.2 Å². The lowest BCUT2D eigenvalue weighted by Gasteiger charge is -2.14. The first kappa shape index (κ1) is 32.5. The van der Waals surface area contributed by atoms with Crippen molar-refractivity contribution < 1.29 is 41.9 Å². The first-order chi connectivity index (χ1) is 22.3. The van der Waals surface area contributed by atoms with E-state index in [9.17, 15) is 27.6 Å². The second-order valence-corrected chi connectivity index (χ2v) is 10.9. The van der Waals surface area contributed by atoms with Crippen molar-refractivity contribution in [3.63, 3.8) is 0 Å². The number of amides is 3. The van der Waals surface area contributed by atoms with Crippen LogP contribution in [0.25, 0.3) is 11.1 Å². The number of hydrogen-bond donors (Lipinski definition) is 1. The van der Waals surface area contributed by atoms with Crippen LogP contribution in [-0.2, 0) is 14.3 Å². The van der Waals surface area contributed by atoms with Crippen molar-refractivity contribution in [2.75, 3.05) is 32.9 Å². The Labute approximate surface area is 264 Å². The van der Waals surface area contributed by atoms with Crippen molar-refractivity contribution >= 4 is 23.8 Å². The number of ether oxygens (including phenoxy) is 2. The molecule has 0 saturated carbocycles. The fourth-order valence-electron chi connectivity index (χ4n) is 5.58. The van der Waals surface area contributed by atoms with Gasteiger partial charge in [-0.25, -0.2) is 4.79 Å². The Morgan fingerprint density at radius 1 is 0.739 bits per heavy atom. The molecule has 1 aliphatic heterocycles. The highest BCUT2D eigenvalue weighted by molar-refractivity contribution is 6.21. The Bertz CT molecular complexity index is 1510. The predicted molar refractivity (Wildman–Crippen MR) is 163 cm³/mol. The smallest absolute Gasteiger partial charge is 0.471 e. The van der Waals surface area contributed by atoms with Gasteiger partial charge in [0.15, 0.2) is 0 Å². The van der Waals surface area contributed by atoms with Crippen LogP contribution in [0, 0.1) is 0 Å². The summed E-state index contributed by atoms with van der Waals surface area (Å²) >= 11 is 0. The van der Waals surface area contributed by atoms with Crippen LogP contribution in [0.4, 0.5) is 18.0 Å². The maximum atomic E-state index is 13.3. The summed E-state index contributed by atoms with van der Waals surface area (Å²) in [4.78, 5) is 42.8. The van der Waals surface area contributed by atoms with E-state index in [4.69, 9.17) is 14.3 Å². The second-order valence-electron chi connectivity index (χ2n) is 10.9. The highest BCUT2D eigenvalue weighted by atomic mass is 19.4. The van der Waals surface area contributed by atoms with Crippen molar-refractivity contribution in [1.82, 2.24) is 10.2 Å². The first-order valence-corrected chi connectivity index (χ1v) is 15.2. The second kappa shape index (κ2) is 14.9. The lowest BCUT2D eigenvalue weighted by atomic mass is 9.98. The molecule has 3 aromatic carbocycles. The van der Waals surface area contributed by atoms with Crippen LogP contribution in [0.3, 0.4) is 0 Å². The highest BCUT2D eigenvalue weighted by Crippen LogP contribution is 2.44. The molecular weight excluding hydrogens is 603 g/mol. The van der Waals surface area contributed by atoms with E-state index in [-0.39, 0.29) is 38.7 Å². The van der Waals surface area contributed by atoms with Gasteiger partial charge in [-0.15, -0.1) is 0 Å². The van der Waals surface area contributed by atoms with Gasteiger partial charge in [-0.3, -0.25) is 14.5 Å². The van der Waals surface area contributed by atoms with Crippen LogP contribution in [0.2, 0.25) is 0 Å². The van der Waals surface area contributed by atoms with Crippen LogP contribution in [-0.4, -0.2) is 67.8 Å². The number of oxime groups is 1. The van der Waals surface area contributed by atoms with E-state index in [0.717, 1.165) is 27.2 Å². The topological polar surface area (TPSA) is 107 Å². The van der Waals surface area contributed by atoms with Gasteiger partial charge in [-0.05, 0) is 52.4 Å². The summed E-state index contributed by atoms with van der Waals surface area (Å²) in [6, 6.07) is 22.5. The number of rotatable bonds is 14. The van der Waals surface area contributed by atoms with E-state index in [0.29, 0.717) is 43.4 Å². The molecule has 0 fully saturated rings. The van der Waals surface area contributed by atoms with E-state index in [2.05, 4.69) is 22.6 Å². The van der Waals surface area contributed by atoms with Crippen LogP contribution in [0.1, 0.15) is 69.9 Å². The zero-order chi connectivity index (χ0) is 32.5. The molecule has 0 bridgehead atoms. The molecule has 0 radical (unpaired) electrons. The monoisotopic (exact) mass is 637 g/mol. The van der Waals surface area contributed by atoms with Gasteiger partial charge < -0.3 is 19.6 Å². The lowest BCUT2D eigenvalue weighted by molar-refractivity contribution is -0.0833. The summed E-state index contributed by atoms with van der Waals surface area (Å²) in [5, 5.41) is 5.82. The molecule has 12 heteroatoms. The molecule has 2 aliphatic rings. The zero-order valence-electron chi connectivity index (χ0n) is 25.1. The molecule has 0 aromatic heterocycles. The quantitative estimate of drug-likeness (QED) is 0.0695. The molecule has 3 aromatic rings. The number of unbranched alkanes of at least 4 members (excludes halogenated alkanes) is 3. The average molecular weight is 638 g/mol. The summed E-state index contributed by atoms with van der Waals surface area (Å²) < 4.78 is 50.2. The fraction of sp³-hybridized carbons (Fsp3) is 0.353. The van der Waals surface area contributed by atoms with Gasteiger partial charge in [0.2, 0.25) is 0 Å². The van der Waals surface area contributed by atoms with Gasteiger partial charge in [-0.2, -0.15) is 13.2 Å². The number of carbonyl (C=O) groups is 3. The van der Waals surface area contributed by atoms with Crippen LogP contribution in [0.5, 0.6) is 0 Å². The largest absolute Gasteiger partial charge is 0.472 e. The Balaban J connectivity index is 0.935. The highest BCUT2D eigenvalue weighted by Gasteiger charge is 2.39. The number of nitrogens with one attached hydrogen (secondary N) is 1. The molecule has 1 N–H and O–H groups in total. The summed E-state index contributed by atoms with van der Waals surface area (Å²) in [6.07, 6.45) is -3.03. The number of benzene rings is 3. The Hall–Kier alpha value is -4.87. The standard InChI is InChI=1S/C34H34F3N3O6/c35-34(36,37)32(39-46-21-11-19-40-30(41)27-16-7-8-17-28(27)31(40)42)44-20-10-2-1-9-18-38-33(43)45-22-29-25-14-5-3-12-23(25)24-13-4-6-15-26(24)29/h3-8,12-17,29H,1-2,9-11,18-22H2,(H,38,43)/b39-32+. The minimum absolute atomic E-state index is 0.0137. The zero-order valence-corrected chi connectivity index (χ0v) is 25.1. The molecule has 242 valence electrons. The van der Waals surface area contributed by atoms with Crippen molar-refractivity contribution in [2.24, 2.45) is 5.16 Å². The lowest BCUT2D eigenvalue weighted by Crippen LogP contribution is -2.31. The number of alkyl carbamates (subject to hydrolysis) is 1. The third kappa shape index (κ3) is 7.67. The normalized spacial score (nSPS) is 14.2. The molecule has 9 nitrogen and oxygen atoms in total. The minimum Gasteiger partial charge on any atom is -0.472 e. The predicted octanol–water partition coefficient (Wildman–Crippen LogP) is 6.68. The van der Waals surface area contributed by atoms with Gasteiger partial charge in [0.05, 0.1) is 17.7 Å². The van der Waals surface area contributed by atoms with Gasteiger partial charge >= 0.3 is 18.2 Å². The molecule has 5 rings (SSSR count). The van der Waals surface area contributed by atoms with Gasteiger partial charge in [0.25, 0.3) is 11.8 Å². The third-order valence-electron chi connectivity index (χ3n) is 7.81. The maximum Gasteiger partial charge on any atom is 0.471 e. The summed E-state index contributed by atoms with van der Waals surface area (Å²) in [5.74, 6) is -2.42.